The molecule has 1 amide bonds. The molecule has 8 nitrogen and oxygen atoms in total. The molecule has 0 aliphatic heterocycles. The lowest BCUT2D eigenvalue weighted by Crippen LogP contribution is -2.27. The van der Waals surface area contributed by atoms with E-state index >= 15 is 0 Å². The summed E-state index contributed by atoms with van der Waals surface area (Å²) in [5.74, 6) is 0.496. The van der Waals surface area contributed by atoms with Crippen molar-refractivity contribution >= 4 is 23.4 Å². The number of para-hydroxylation sites is 1. The maximum Gasteiger partial charge on any atom is 0.295 e. The van der Waals surface area contributed by atoms with Gasteiger partial charge in [-0.1, -0.05) is 60.3 Å². The molecule has 2 aromatic carbocycles. The second-order valence-corrected chi connectivity index (χ2v) is 8.91. The van der Waals surface area contributed by atoms with Crippen LogP contribution in [0.3, 0.4) is 0 Å². The van der Waals surface area contributed by atoms with E-state index in [-0.39, 0.29) is 17.2 Å². The van der Waals surface area contributed by atoms with Gasteiger partial charge in [-0.2, -0.15) is 0 Å². The first-order chi connectivity index (χ1) is 15.9. The zero-order chi connectivity index (χ0) is 23.5. The number of hydrogen-bond acceptors (Lipinski definition) is 5. The summed E-state index contributed by atoms with van der Waals surface area (Å²) in [5.41, 5.74) is 2.39. The topological polar surface area (TPSA) is 86.7 Å². The second kappa shape index (κ2) is 9.50. The Kier molecular flexibility index (Phi) is 6.50. The summed E-state index contributed by atoms with van der Waals surface area (Å²) in [7, 11) is 1.80. The second-order valence-electron chi connectivity index (χ2n) is 7.60. The molecule has 0 radical (unpaired) electrons. The minimum absolute atomic E-state index is 0.266. The van der Waals surface area contributed by atoms with E-state index in [2.05, 4.69) is 15.5 Å². The van der Waals surface area contributed by atoms with Crippen LogP contribution in [-0.2, 0) is 18.4 Å². The molecule has 0 aliphatic carbocycles. The van der Waals surface area contributed by atoms with Gasteiger partial charge < -0.3 is 9.88 Å². The first kappa shape index (κ1) is 22.6. The number of thioether (sulfide) groups is 1. The van der Waals surface area contributed by atoms with Crippen LogP contribution in [0.5, 0.6) is 0 Å². The Morgan fingerprint density at radius 3 is 2.33 bits per heavy atom. The van der Waals surface area contributed by atoms with E-state index in [0.29, 0.717) is 17.4 Å². The summed E-state index contributed by atoms with van der Waals surface area (Å²) in [6.07, 6.45) is 0. The van der Waals surface area contributed by atoms with Crippen molar-refractivity contribution in [1.29, 1.82) is 0 Å². The van der Waals surface area contributed by atoms with Crippen molar-refractivity contribution in [3.05, 3.63) is 76.7 Å². The van der Waals surface area contributed by atoms with Gasteiger partial charge >= 0.3 is 0 Å². The van der Waals surface area contributed by atoms with Gasteiger partial charge in [-0.05, 0) is 32.9 Å². The SMILES string of the molecule is CCn1c(SC(C)C(=O)Nc2c(C)n(C)n(-c3ccccc3)c2=O)nnc1-c1ccccc1. The minimum Gasteiger partial charge on any atom is -0.319 e. The highest BCUT2D eigenvalue weighted by Gasteiger charge is 2.24. The largest absolute Gasteiger partial charge is 0.319 e. The van der Waals surface area contributed by atoms with Crippen molar-refractivity contribution in [2.45, 2.75) is 37.7 Å². The van der Waals surface area contributed by atoms with Crippen molar-refractivity contribution in [2.24, 2.45) is 7.05 Å². The highest BCUT2D eigenvalue weighted by Crippen LogP contribution is 2.27. The molecule has 0 bridgehead atoms. The van der Waals surface area contributed by atoms with Gasteiger partial charge in [-0.25, -0.2) is 4.68 Å². The van der Waals surface area contributed by atoms with Gasteiger partial charge in [0, 0.05) is 19.2 Å². The Hall–Kier alpha value is -3.59. The molecular weight excluding hydrogens is 436 g/mol. The lowest BCUT2D eigenvalue weighted by Gasteiger charge is -2.12. The quantitative estimate of drug-likeness (QED) is 0.421. The number of rotatable bonds is 7. The maximum atomic E-state index is 13.1. The lowest BCUT2D eigenvalue weighted by molar-refractivity contribution is -0.115. The van der Waals surface area contributed by atoms with Crippen LogP contribution in [0.15, 0.2) is 70.6 Å². The number of benzene rings is 2. The van der Waals surface area contributed by atoms with Gasteiger partial charge in [0.15, 0.2) is 11.0 Å². The number of anilines is 1. The molecule has 0 spiro atoms. The van der Waals surface area contributed by atoms with Gasteiger partial charge in [-0.15, -0.1) is 10.2 Å². The van der Waals surface area contributed by atoms with Crippen LogP contribution in [-0.4, -0.2) is 35.3 Å². The molecular formula is C24H26N6O2S. The third kappa shape index (κ3) is 4.36. The summed E-state index contributed by atoms with van der Waals surface area (Å²) in [6.45, 7) is 6.30. The first-order valence-corrected chi connectivity index (χ1v) is 11.6. The van der Waals surface area contributed by atoms with Crippen LogP contribution < -0.4 is 10.9 Å². The van der Waals surface area contributed by atoms with Crippen molar-refractivity contribution in [1.82, 2.24) is 24.1 Å². The number of carbonyl (C=O) groups is 1. The van der Waals surface area contributed by atoms with E-state index in [1.165, 1.54) is 11.8 Å². The third-order valence-electron chi connectivity index (χ3n) is 5.52. The molecule has 2 aromatic heterocycles. The van der Waals surface area contributed by atoms with Crippen LogP contribution in [0, 0.1) is 6.92 Å². The van der Waals surface area contributed by atoms with E-state index in [0.717, 1.165) is 17.1 Å². The van der Waals surface area contributed by atoms with Crippen molar-refractivity contribution < 1.29 is 4.79 Å². The molecule has 4 rings (SSSR count). The van der Waals surface area contributed by atoms with Crippen LogP contribution in [0.2, 0.25) is 0 Å². The summed E-state index contributed by atoms with van der Waals surface area (Å²) in [6, 6.07) is 19.2. The number of hydrogen-bond donors (Lipinski definition) is 1. The highest BCUT2D eigenvalue weighted by molar-refractivity contribution is 8.00. The molecule has 0 aliphatic rings. The Bertz CT molecular complexity index is 1320. The van der Waals surface area contributed by atoms with Crippen LogP contribution in [0.1, 0.15) is 19.5 Å². The Morgan fingerprint density at radius 2 is 1.70 bits per heavy atom. The highest BCUT2D eigenvalue weighted by atomic mass is 32.2. The normalized spacial score (nSPS) is 12.0. The van der Waals surface area contributed by atoms with Crippen molar-refractivity contribution in [2.75, 3.05) is 5.32 Å². The molecule has 170 valence electrons. The number of nitrogens with one attached hydrogen (secondary N) is 1. The van der Waals surface area contributed by atoms with Gasteiger partial charge in [0.1, 0.15) is 5.69 Å². The van der Waals surface area contributed by atoms with Crippen molar-refractivity contribution in [3.8, 4) is 17.1 Å². The number of carbonyl (C=O) groups excluding carboxylic acids is 1. The molecule has 0 saturated heterocycles. The smallest absolute Gasteiger partial charge is 0.295 e. The molecule has 2 heterocycles. The third-order valence-corrected chi connectivity index (χ3v) is 6.60. The fourth-order valence-electron chi connectivity index (χ4n) is 3.61. The van der Waals surface area contributed by atoms with E-state index in [9.17, 15) is 9.59 Å². The van der Waals surface area contributed by atoms with Gasteiger partial charge in [0.25, 0.3) is 5.56 Å². The zero-order valence-corrected chi connectivity index (χ0v) is 19.8. The summed E-state index contributed by atoms with van der Waals surface area (Å²) < 4.78 is 5.27. The molecule has 33 heavy (non-hydrogen) atoms. The summed E-state index contributed by atoms with van der Waals surface area (Å²) >= 11 is 1.32. The minimum atomic E-state index is -0.479. The van der Waals surface area contributed by atoms with E-state index < -0.39 is 5.25 Å². The maximum absolute atomic E-state index is 13.1. The zero-order valence-electron chi connectivity index (χ0n) is 19.0. The van der Waals surface area contributed by atoms with E-state index in [4.69, 9.17) is 0 Å². The number of nitrogens with zero attached hydrogens (tertiary/aromatic N) is 5. The van der Waals surface area contributed by atoms with E-state index in [1.807, 2.05) is 79.1 Å². The molecule has 0 saturated carbocycles. The first-order valence-electron chi connectivity index (χ1n) is 10.7. The summed E-state index contributed by atoms with van der Waals surface area (Å²) in [4.78, 5) is 26.1. The predicted octanol–water partition coefficient (Wildman–Crippen LogP) is 3.88. The summed E-state index contributed by atoms with van der Waals surface area (Å²) in [5, 5.41) is 11.7. The van der Waals surface area contributed by atoms with Crippen LogP contribution in [0.4, 0.5) is 5.69 Å². The molecule has 4 aromatic rings. The molecule has 0 fully saturated rings. The molecule has 1 unspecified atom stereocenters. The average molecular weight is 463 g/mol. The van der Waals surface area contributed by atoms with Gasteiger partial charge in [0.2, 0.25) is 5.91 Å². The molecule has 1 atom stereocenters. The Labute approximate surface area is 196 Å². The number of aromatic nitrogens is 5. The average Bonchev–Trinajstić information content (AvgIpc) is 3.33. The standard InChI is InChI=1S/C24H26N6O2S/c1-5-29-21(18-12-8-6-9-13-18)26-27-24(29)33-17(3)22(31)25-20-16(2)28(4)30(23(20)32)19-14-10-7-11-15-19/h6-15,17H,5H2,1-4H3,(H,25,31). The molecule has 1 N–H and O–H groups in total. The monoisotopic (exact) mass is 462 g/mol. The van der Waals surface area contributed by atoms with Gasteiger partial charge in [0.05, 0.1) is 16.6 Å². The lowest BCUT2D eigenvalue weighted by atomic mass is 10.2. The number of amides is 1. The fourth-order valence-corrected chi connectivity index (χ4v) is 4.52. The van der Waals surface area contributed by atoms with Crippen LogP contribution >= 0.6 is 11.8 Å². The predicted molar refractivity (Wildman–Crippen MR) is 131 cm³/mol. The van der Waals surface area contributed by atoms with Crippen molar-refractivity contribution in [3.63, 3.8) is 0 Å². The fraction of sp³-hybridized carbons (Fsp3) is 0.250. The van der Waals surface area contributed by atoms with Crippen LogP contribution in [0.25, 0.3) is 17.1 Å². The Balaban J connectivity index is 1.55. The van der Waals surface area contributed by atoms with Gasteiger partial charge in [-0.3, -0.25) is 14.3 Å². The molecule has 9 heteroatoms. The van der Waals surface area contributed by atoms with E-state index in [1.54, 1.807) is 23.3 Å². The Morgan fingerprint density at radius 1 is 1.06 bits per heavy atom.